The lowest BCUT2D eigenvalue weighted by Crippen LogP contribution is -2.46. The summed E-state index contributed by atoms with van der Waals surface area (Å²) in [7, 11) is 1.63. The molecule has 1 aromatic heterocycles. The number of likely N-dealkylation sites (N-methyl/N-ethyl adjacent to an activating group) is 1. The summed E-state index contributed by atoms with van der Waals surface area (Å²) in [5, 5.41) is 10.3. The normalized spacial score (nSPS) is 20.0. The van der Waals surface area contributed by atoms with E-state index in [0.29, 0.717) is 18.7 Å². The number of nitrogens with zero attached hydrogens (tertiary/aromatic N) is 2. The second-order valence-electron chi connectivity index (χ2n) is 6.23. The molecule has 6 nitrogen and oxygen atoms in total. The molecular weight excluding hydrogens is 296 g/mol. The van der Waals surface area contributed by atoms with Crippen molar-refractivity contribution < 1.29 is 19.1 Å². The molecule has 6 heteroatoms. The highest BCUT2D eigenvalue weighted by Gasteiger charge is 2.29. The SMILES string of the molecule is CC(=O)N(C)CC(=O)N1CCCCCC1CC(O)c1ccco1. The van der Waals surface area contributed by atoms with Crippen LogP contribution in [0.5, 0.6) is 0 Å². The van der Waals surface area contributed by atoms with Gasteiger partial charge < -0.3 is 19.3 Å². The molecule has 0 radical (unpaired) electrons. The number of hydrogen-bond donors (Lipinski definition) is 1. The van der Waals surface area contributed by atoms with Crippen molar-refractivity contribution in [1.29, 1.82) is 0 Å². The van der Waals surface area contributed by atoms with E-state index in [4.69, 9.17) is 4.42 Å². The Morgan fingerprint density at radius 2 is 2.22 bits per heavy atom. The first-order valence-electron chi connectivity index (χ1n) is 8.21. The maximum atomic E-state index is 12.6. The van der Waals surface area contributed by atoms with E-state index in [2.05, 4.69) is 0 Å². The van der Waals surface area contributed by atoms with Crippen LogP contribution in [0, 0.1) is 0 Å². The Morgan fingerprint density at radius 1 is 1.43 bits per heavy atom. The molecule has 0 bridgehead atoms. The molecular formula is C17H26N2O4. The third-order valence-corrected chi connectivity index (χ3v) is 4.47. The molecule has 2 atom stereocenters. The fraction of sp³-hybridized carbons (Fsp3) is 0.647. The molecule has 23 heavy (non-hydrogen) atoms. The molecule has 2 rings (SSSR count). The van der Waals surface area contributed by atoms with Crippen molar-refractivity contribution >= 4 is 11.8 Å². The Kier molecular flexibility index (Phi) is 6.21. The Bertz CT molecular complexity index is 515. The first-order valence-corrected chi connectivity index (χ1v) is 8.21. The zero-order chi connectivity index (χ0) is 16.8. The lowest BCUT2D eigenvalue weighted by Gasteiger charge is -2.32. The minimum atomic E-state index is -0.714. The molecule has 2 unspecified atom stereocenters. The number of aliphatic hydroxyl groups is 1. The van der Waals surface area contributed by atoms with E-state index in [0.717, 1.165) is 25.7 Å². The standard InChI is InChI=1S/C17H26N2O4/c1-13(20)18(2)12-17(22)19-9-5-3-4-7-14(19)11-15(21)16-8-6-10-23-16/h6,8,10,14-15,21H,3-5,7,9,11-12H2,1-2H3. The average Bonchev–Trinajstić information content (AvgIpc) is 2.94. The molecule has 1 aromatic rings. The van der Waals surface area contributed by atoms with Gasteiger partial charge in [0.2, 0.25) is 11.8 Å². The quantitative estimate of drug-likeness (QED) is 0.899. The predicted molar refractivity (Wildman–Crippen MR) is 85.6 cm³/mol. The summed E-state index contributed by atoms with van der Waals surface area (Å²) in [6.45, 7) is 2.22. The summed E-state index contributed by atoms with van der Waals surface area (Å²) in [5.74, 6) is 0.351. The predicted octanol–water partition coefficient (Wildman–Crippen LogP) is 1.95. The molecule has 1 aliphatic heterocycles. The third-order valence-electron chi connectivity index (χ3n) is 4.47. The van der Waals surface area contributed by atoms with Crippen LogP contribution in [-0.4, -0.2) is 52.9 Å². The first kappa shape index (κ1) is 17.5. The zero-order valence-corrected chi connectivity index (χ0v) is 13.9. The molecule has 1 N–H and O–H groups in total. The Balaban J connectivity index is 2.04. The molecule has 1 aliphatic rings. The van der Waals surface area contributed by atoms with Crippen molar-refractivity contribution in [1.82, 2.24) is 9.80 Å². The van der Waals surface area contributed by atoms with Crippen molar-refractivity contribution in [3.8, 4) is 0 Å². The number of carbonyl (C=O) groups excluding carboxylic acids is 2. The van der Waals surface area contributed by atoms with Gasteiger partial charge in [0.15, 0.2) is 0 Å². The third kappa shape index (κ3) is 4.82. The number of carbonyl (C=O) groups is 2. The summed E-state index contributed by atoms with van der Waals surface area (Å²) in [4.78, 5) is 27.2. The second kappa shape index (κ2) is 8.15. The first-order chi connectivity index (χ1) is 11.0. The van der Waals surface area contributed by atoms with Crippen molar-refractivity contribution in [3.63, 3.8) is 0 Å². The van der Waals surface area contributed by atoms with Crippen molar-refractivity contribution in [2.24, 2.45) is 0 Å². The number of hydrogen-bond acceptors (Lipinski definition) is 4. The van der Waals surface area contributed by atoms with E-state index in [9.17, 15) is 14.7 Å². The highest BCUT2D eigenvalue weighted by molar-refractivity contribution is 5.83. The monoisotopic (exact) mass is 322 g/mol. The molecule has 0 aliphatic carbocycles. The molecule has 0 spiro atoms. The van der Waals surface area contributed by atoms with Crippen LogP contribution in [0.4, 0.5) is 0 Å². The van der Waals surface area contributed by atoms with Crippen LogP contribution in [0.15, 0.2) is 22.8 Å². The lowest BCUT2D eigenvalue weighted by molar-refractivity contribution is -0.140. The topological polar surface area (TPSA) is 74.0 Å². The van der Waals surface area contributed by atoms with Crippen molar-refractivity contribution in [2.45, 2.75) is 51.2 Å². The van der Waals surface area contributed by atoms with Crippen molar-refractivity contribution in [3.05, 3.63) is 24.2 Å². The van der Waals surface area contributed by atoms with Crippen LogP contribution in [0.2, 0.25) is 0 Å². The number of aliphatic hydroxyl groups excluding tert-OH is 1. The van der Waals surface area contributed by atoms with E-state index in [1.165, 1.54) is 18.1 Å². The van der Waals surface area contributed by atoms with Crippen LogP contribution < -0.4 is 0 Å². The largest absolute Gasteiger partial charge is 0.467 e. The van der Waals surface area contributed by atoms with Crippen LogP contribution in [0.3, 0.4) is 0 Å². The highest BCUT2D eigenvalue weighted by Crippen LogP contribution is 2.26. The van der Waals surface area contributed by atoms with Crippen molar-refractivity contribution in [2.75, 3.05) is 20.1 Å². The summed E-state index contributed by atoms with van der Waals surface area (Å²) in [5.41, 5.74) is 0. The Hall–Kier alpha value is -1.82. The van der Waals surface area contributed by atoms with Gasteiger partial charge in [-0.3, -0.25) is 9.59 Å². The number of likely N-dealkylation sites (tertiary alicyclic amines) is 1. The van der Waals surface area contributed by atoms with E-state index < -0.39 is 6.10 Å². The summed E-state index contributed by atoms with van der Waals surface area (Å²) in [6.07, 6.45) is 5.24. The van der Waals surface area contributed by atoms with E-state index in [-0.39, 0.29) is 24.4 Å². The van der Waals surface area contributed by atoms with Crippen LogP contribution in [0.1, 0.15) is 50.9 Å². The summed E-state index contributed by atoms with van der Waals surface area (Å²) < 4.78 is 5.25. The smallest absolute Gasteiger partial charge is 0.242 e. The van der Waals surface area contributed by atoms with Gasteiger partial charge in [0, 0.05) is 33.0 Å². The van der Waals surface area contributed by atoms with Crippen LogP contribution >= 0.6 is 0 Å². The minimum Gasteiger partial charge on any atom is -0.467 e. The number of amides is 2. The minimum absolute atomic E-state index is 0.0227. The van der Waals surface area contributed by atoms with Gasteiger partial charge in [-0.2, -0.15) is 0 Å². The second-order valence-corrected chi connectivity index (χ2v) is 6.23. The van der Waals surface area contributed by atoms with Gasteiger partial charge in [-0.05, 0) is 25.0 Å². The summed E-state index contributed by atoms with van der Waals surface area (Å²) >= 11 is 0. The van der Waals surface area contributed by atoms with Gasteiger partial charge in [-0.15, -0.1) is 0 Å². The van der Waals surface area contributed by atoms with Gasteiger partial charge in [0.05, 0.1) is 12.8 Å². The maximum absolute atomic E-state index is 12.6. The van der Waals surface area contributed by atoms with Gasteiger partial charge in [-0.1, -0.05) is 12.8 Å². The fourth-order valence-corrected chi connectivity index (χ4v) is 3.01. The lowest BCUT2D eigenvalue weighted by atomic mass is 10.0. The summed E-state index contributed by atoms with van der Waals surface area (Å²) in [6, 6.07) is 3.47. The zero-order valence-electron chi connectivity index (χ0n) is 13.9. The van der Waals surface area contributed by atoms with Gasteiger partial charge >= 0.3 is 0 Å². The molecule has 0 saturated carbocycles. The maximum Gasteiger partial charge on any atom is 0.242 e. The van der Waals surface area contributed by atoms with Gasteiger partial charge in [-0.25, -0.2) is 0 Å². The van der Waals surface area contributed by atoms with E-state index >= 15 is 0 Å². The molecule has 0 aromatic carbocycles. The molecule has 128 valence electrons. The molecule has 1 fully saturated rings. The molecule has 2 heterocycles. The molecule has 1 saturated heterocycles. The van der Waals surface area contributed by atoms with Gasteiger partial charge in [0.25, 0.3) is 0 Å². The number of rotatable bonds is 5. The van der Waals surface area contributed by atoms with Crippen LogP contribution in [0.25, 0.3) is 0 Å². The Labute approximate surface area is 137 Å². The van der Waals surface area contributed by atoms with Crippen LogP contribution in [-0.2, 0) is 9.59 Å². The van der Waals surface area contributed by atoms with E-state index in [1.54, 1.807) is 19.2 Å². The Morgan fingerprint density at radius 3 is 2.87 bits per heavy atom. The highest BCUT2D eigenvalue weighted by atomic mass is 16.4. The molecule has 2 amide bonds. The van der Waals surface area contributed by atoms with Gasteiger partial charge in [0.1, 0.15) is 11.9 Å². The average molecular weight is 322 g/mol. The number of furan rings is 1. The fourth-order valence-electron chi connectivity index (χ4n) is 3.01. The van der Waals surface area contributed by atoms with E-state index in [1.807, 2.05) is 4.90 Å².